The van der Waals surface area contributed by atoms with Gasteiger partial charge >= 0.3 is 0 Å². The average molecular weight is 419 g/mol. The third-order valence-electron chi connectivity index (χ3n) is 7.16. The molecule has 0 aliphatic carbocycles. The van der Waals surface area contributed by atoms with Gasteiger partial charge in [-0.1, -0.05) is 66.7 Å². The first-order chi connectivity index (χ1) is 16.4. The molecule has 5 aromatic carbocycles. The molecular formula is C29H18BN3. The Bertz CT molecular complexity index is 1740. The molecule has 0 fully saturated rings. The Morgan fingerprint density at radius 2 is 1.39 bits per heavy atom. The van der Waals surface area contributed by atoms with Gasteiger partial charge in [-0.15, -0.1) is 0 Å². The summed E-state index contributed by atoms with van der Waals surface area (Å²) in [5, 5.41) is 2.60. The fourth-order valence-electron chi connectivity index (χ4n) is 5.89. The first-order valence-corrected chi connectivity index (χ1v) is 11.4. The van der Waals surface area contributed by atoms with E-state index in [1.807, 2.05) is 0 Å². The van der Waals surface area contributed by atoms with Gasteiger partial charge < -0.3 is 9.47 Å². The minimum atomic E-state index is 0.0853. The largest absolute Gasteiger partial charge is 0.311 e. The van der Waals surface area contributed by atoms with Gasteiger partial charge in [-0.25, -0.2) is 4.98 Å². The van der Waals surface area contributed by atoms with Crippen molar-refractivity contribution in [2.45, 2.75) is 0 Å². The molecule has 2 aliphatic rings. The Balaban J connectivity index is 1.58. The third-order valence-corrected chi connectivity index (χ3v) is 7.16. The molecule has 4 heteroatoms. The Morgan fingerprint density at radius 1 is 0.606 bits per heavy atom. The van der Waals surface area contributed by atoms with Crippen LogP contribution < -0.4 is 21.5 Å². The predicted molar refractivity (Wildman–Crippen MR) is 138 cm³/mol. The van der Waals surface area contributed by atoms with Crippen molar-refractivity contribution in [3.8, 4) is 5.69 Å². The molecule has 0 N–H and O–H groups in total. The summed E-state index contributed by atoms with van der Waals surface area (Å²) >= 11 is 0. The van der Waals surface area contributed by atoms with E-state index in [0.29, 0.717) is 0 Å². The van der Waals surface area contributed by atoms with Gasteiger partial charge in [0.25, 0.3) is 6.71 Å². The van der Waals surface area contributed by atoms with E-state index < -0.39 is 0 Å². The molecular weight excluding hydrogens is 401 g/mol. The number of nitrogens with zero attached hydrogens (tertiary/aromatic N) is 3. The van der Waals surface area contributed by atoms with E-state index in [4.69, 9.17) is 4.98 Å². The van der Waals surface area contributed by atoms with Gasteiger partial charge in [0, 0.05) is 22.4 Å². The molecule has 0 spiro atoms. The summed E-state index contributed by atoms with van der Waals surface area (Å²) in [6.07, 6.45) is 0. The Morgan fingerprint density at radius 3 is 2.33 bits per heavy atom. The van der Waals surface area contributed by atoms with Crippen LogP contribution >= 0.6 is 0 Å². The van der Waals surface area contributed by atoms with Gasteiger partial charge in [0.1, 0.15) is 0 Å². The normalized spacial score (nSPS) is 13.3. The van der Waals surface area contributed by atoms with Crippen LogP contribution in [0.25, 0.3) is 27.5 Å². The Kier molecular flexibility index (Phi) is 3.21. The number of hydrogen-bond donors (Lipinski definition) is 0. The van der Waals surface area contributed by atoms with Gasteiger partial charge in [0.05, 0.1) is 22.4 Å². The molecule has 8 rings (SSSR count). The molecule has 2 aliphatic heterocycles. The lowest BCUT2D eigenvalue weighted by Gasteiger charge is -2.39. The zero-order valence-corrected chi connectivity index (χ0v) is 17.8. The summed E-state index contributed by atoms with van der Waals surface area (Å²) in [7, 11) is 0. The number of hydrogen-bond acceptors (Lipinski definition) is 2. The Labute approximate surface area is 191 Å². The quantitative estimate of drug-likeness (QED) is 0.357. The summed E-state index contributed by atoms with van der Waals surface area (Å²) in [5.41, 5.74) is 10.8. The van der Waals surface area contributed by atoms with Crippen LogP contribution in [-0.4, -0.2) is 16.3 Å². The van der Waals surface area contributed by atoms with Crippen molar-refractivity contribution in [1.82, 2.24) is 9.55 Å². The molecule has 0 amide bonds. The van der Waals surface area contributed by atoms with Crippen LogP contribution in [0.4, 0.5) is 17.1 Å². The SMILES string of the molecule is c1ccc(N2c3ccccc3B3c4c2ccc2cccc(c42)-n2c3nc3ccccc32)cc1. The van der Waals surface area contributed by atoms with E-state index in [1.54, 1.807) is 0 Å². The van der Waals surface area contributed by atoms with E-state index in [2.05, 4.69) is 119 Å². The number of anilines is 3. The van der Waals surface area contributed by atoms with Crippen molar-refractivity contribution in [3.05, 3.63) is 109 Å². The maximum atomic E-state index is 5.21. The second-order valence-corrected chi connectivity index (χ2v) is 8.83. The molecule has 33 heavy (non-hydrogen) atoms. The summed E-state index contributed by atoms with van der Waals surface area (Å²) in [4.78, 5) is 7.62. The van der Waals surface area contributed by atoms with E-state index in [-0.39, 0.29) is 6.71 Å². The highest BCUT2D eigenvalue weighted by Gasteiger charge is 2.42. The maximum Gasteiger partial charge on any atom is 0.293 e. The van der Waals surface area contributed by atoms with Crippen molar-refractivity contribution in [2.75, 3.05) is 4.90 Å². The van der Waals surface area contributed by atoms with Crippen molar-refractivity contribution < 1.29 is 0 Å². The highest BCUT2D eigenvalue weighted by Crippen LogP contribution is 2.40. The number of imidazole rings is 1. The zero-order valence-electron chi connectivity index (χ0n) is 17.8. The molecule has 3 heterocycles. The molecule has 0 atom stereocenters. The second kappa shape index (κ2) is 6.14. The maximum absolute atomic E-state index is 5.21. The van der Waals surface area contributed by atoms with Crippen molar-refractivity contribution in [3.63, 3.8) is 0 Å². The van der Waals surface area contributed by atoms with E-state index in [0.717, 1.165) is 11.2 Å². The van der Waals surface area contributed by atoms with E-state index in [9.17, 15) is 0 Å². The fraction of sp³-hybridized carbons (Fsp3) is 0. The van der Waals surface area contributed by atoms with Crippen molar-refractivity contribution in [1.29, 1.82) is 0 Å². The summed E-state index contributed by atoms with van der Waals surface area (Å²) < 4.78 is 2.38. The van der Waals surface area contributed by atoms with Gasteiger partial charge in [-0.05, 0) is 58.8 Å². The molecule has 0 bridgehead atoms. The third kappa shape index (κ3) is 2.13. The van der Waals surface area contributed by atoms with Crippen LogP contribution in [0.15, 0.2) is 109 Å². The van der Waals surface area contributed by atoms with Crippen LogP contribution in [0.5, 0.6) is 0 Å². The average Bonchev–Trinajstić information content (AvgIpc) is 3.27. The molecule has 0 saturated carbocycles. The minimum Gasteiger partial charge on any atom is -0.311 e. The predicted octanol–water partition coefficient (Wildman–Crippen LogP) is 4.79. The first kappa shape index (κ1) is 17.3. The summed E-state index contributed by atoms with van der Waals surface area (Å²) in [6, 6.07) is 39.2. The Hall–Kier alpha value is -4.31. The molecule has 6 aromatic rings. The molecule has 0 radical (unpaired) electrons. The van der Waals surface area contributed by atoms with Gasteiger partial charge in [0.15, 0.2) is 0 Å². The fourth-order valence-corrected chi connectivity index (χ4v) is 5.89. The standard InChI is InChI=1S/C29H18BN3/c1-2-10-20(11-3-1)32-23-14-6-4-12-21(23)30-28-26(32)18-17-19-9-8-16-25(27(19)28)33-24-15-7-5-13-22(24)31-29(30)33/h1-18H. The molecule has 152 valence electrons. The lowest BCUT2D eigenvalue weighted by atomic mass is 9.36. The number of fused-ring (bicyclic) bond motifs is 7. The topological polar surface area (TPSA) is 21.1 Å². The van der Waals surface area contributed by atoms with Gasteiger partial charge in [-0.3, -0.25) is 0 Å². The highest BCUT2D eigenvalue weighted by molar-refractivity contribution is 6.99. The van der Waals surface area contributed by atoms with Gasteiger partial charge in [-0.2, -0.15) is 0 Å². The van der Waals surface area contributed by atoms with Crippen LogP contribution in [0, 0.1) is 0 Å². The lowest BCUT2D eigenvalue weighted by Crippen LogP contribution is -2.61. The molecule has 0 unspecified atom stereocenters. The van der Waals surface area contributed by atoms with Crippen molar-refractivity contribution in [2.24, 2.45) is 0 Å². The van der Waals surface area contributed by atoms with Crippen LogP contribution in [0.1, 0.15) is 0 Å². The first-order valence-electron chi connectivity index (χ1n) is 11.4. The number of aromatic nitrogens is 2. The molecule has 3 nitrogen and oxygen atoms in total. The number of para-hydroxylation sites is 4. The summed E-state index contributed by atoms with van der Waals surface area (Å²) in [6.45, 7) is 0.0853. The summed E-state index contributed by atoms with van der Waals surface area (Å²) in [5.74, 6) is 0. The van der Waals surface area contributed by atoms with Crippen LogP contribution in [-0.2, 0) is 0 Å². The van der Waals surface area contributed by atoms with Crippen LogP contribution in [0.2, 0.25) is 0 Å². The molecule has 1 aromatic heterocycles. The van der Waals surface area contributed by atoms with Crippen LogP contribution in [0.3, 0.4) is 0 Å². The van der Waals surface area contributed by atoms with Gasteiger partial charge in [0.2, 0.25) is 0 Å². The van der Waals surface area contributed by atoms with E-state index >= 15 is 0 Å². The second-order valence-electron chi connectivity index (χ2n) is 8.83. The molecule has 0 saturated heterocycles. The zero-order chi connectivity index (χ0) is 21.5. The lowest BCUT2D eigenvalue weighted by molar-refractivity contribution is 1.15. The highest BCUT2D eigenvalue weighted by atomic mass is 15.2. The number of benzene rings is 5. The monoisotopic (exact) mass is 419 g/mol. The van der Waals surface area contributed by atoms with Crippen molar-refractivity contribution >= 4 is 62.2 Å². The number of rotatable bonds is 1. The van der Waals surface area contributed by atoms with E-state index in [1.165, 1.54) is 50.0 Å². The smallest absolute Gasteiger partial charge is 0.293 e. The minimum absolute atomic E-state index is 0.0853.